The third-order valence-corrected chi connectivity index (χ3v) is 12.2. The highest BCUT2D eigenvalue weighted by molar-refractivity contribution is 7.25. The van der Waals surface area contributed by atoms with E-state index >= 15 is 0 Å². The van der Waals surface area contributed by atoms with Crippen molar-refractivity contribution in [3.8, 4) is 51.0 Å². The van der Waals surface area contributed by atoms with E-state index in [4.69, 9.17) is 19.4 Å². The van der Waals surface area contributed by atoms with Crippen LogP contribution in [0.25, 0.3) is 115 Å². The number of thiophene rings is 1. The van der Waals surface area contributed by atoms with Gasteiger partial charge in [-0.25, -0.2) is 15.0 Å². The van der Waals surface area contributed by atoms with Crippen molar-refractivity contribution in [3.05, 3.63) is 182 Å². The molecule has 0 radical (unpaired) electrons. The van der Waals surface area contributed by atoms with Crippen LogP contribution in [-0.2, 0) is 0 Å². The standard InChI is InChI=1S/C51H30N4OS/c1-2-15-31(16-3-1)49-52-50(37-23-14-30-45-46(37)36-20-7-11-29-44(36)57-45)54-51(53-49)38-22-13-28-43-48(38)47-35(21-12-27-42(47)56-43)34-19-6-10-26-41(34)55-39-24-8-4-17-32(39)33-18-5-9-25-40(33)55/h1-30H. The van der Waals surface area contributed by atoms with Gasteiger partial charge in [-0.3, -0.25) is 0 Å². The summed E-state index contributed by atoms with van der Waals surface area (Å²) in [6, 6.07) is 63.7. The third kappa shape index (κ3) is 4.91. The molecule has 57 heavy (non-hydrogen) atoms. The number of fused-ring (bicyclic) bond motifs is 9. The van der Waals surface area contributed by atoms with Gasteiger partial charge in [0.25, 0.3) is 0 Å². The molecule has 5 nitrogen and oxygen atoms in total. The lowest BCUT2D eigenvalue weighted by Gasteiger charge is -2.15. The second kappa shape index (κ2) is 12.6. The molecule has 0 aliphatic rings. The number of hydrogen-bond donors (Lipinski definition) is 0. The number of nitrogens with zero attached hydrogens (tertiary/aromatic N) is 4. The highest BCUT2D eigenvalue weighted by atomic mass is 32.1. The van der Waals surface area contributed by atoms with Crippen molar-refractivity contribution >= 4 is 75.3 Å². The van der Waals surface area contributed by atoms with Gasteiger partial charge in [-0.15, -0.1) is 11.3 Å². The fraction of sp³-hybridized carbons (Fsp3) is 0. The summed E-state index contributed by atoms with van der Waals surface area (Å²) in [5.74, 6) is 1.85. The Morgan fingerprint density at radius 3 is 1.61 bits per heavy atom. The SMILES string of the molecule is c1ccc(-c2nc(-c3cccc4sc5ccccc5c34)nc(-c3cccc4oc5cccc(-c6ccccc6-n6c7ccccc7c7ccccc76)c5c34)n2)cc1. The van der Waals surface area contributed by atoms with E-state index in [9.17, 15) is 0 Å². The van der Waals surface area contributed by atoms with Gasteiger partial charge < -0.3 is 8.98 Å². The van der Waals surface area contributed by atoms with Crippen LogP contribution in [0.1, 0.15) is 0 Å². The van der Waals surface area contributed by atoms with Crippen LogP contribution in [0.4, 0.5) is 0 Å². The van der Waals surface area contributed by atoms with Gasteiger partial charge >= 0.3 is 0 Å². The molecule has 0 aliphatic heterocycles. The molecule has 0 unspecified atom stereocenters. The lowest BCUT2D eigenvalue weighted by molar-refractivity contribution is 0.669. The van der Waals surface area contributed by atoms with Gasteiger partial charge in [0.15, 0.2) is 17.5 Å². The Balaban J connectivity index is 1.14. The fourth-order valence-electron chi connectivity index (χ4n) is 8.65. The maximum absolute atomic E-state index is 6.70. The van der Waals surface area contributed by atoms with Crippen LogP contribution in [0.3, 0.4) is 0 Å². The average molecular weight is 747 g/mol. The zero-order chi connectivity index (χ0) is 37.5. The molecule has 0 amide bonds. The molecular formula is C51H30N4OS. The summed E-state index contributed by atoms with van der Waals surface area (Å²) >= 11 is 1.79. The maximum Gasteiger partial charge on any atom is 0.164 e. The van der Waals surface area contributed by atoms with E-state index in [1.54, 1.807) is 11.3 Å². The summed E-state index contributed by atoms with van der Waals surface area (Å²) in [5, 5.41) is 6.79. The largest absolute Gasteiger partial charge is 0.456 e. The zero-order valence-corrected chi connectivity index (χ0v) is 31.2. The predicted molar refractivity (Wildman–Crippen MR) is 236 cm³/mol. The van der Waals surface area contributed by atoms with Gasteiger partial charge in [0.2, 0.25) is 0 Å². The Kier molecular flexibility index (Phi) is 7.03. The van der Waals surface area contributed by atoms with Crippen LogP contribution >= 0.6 is 11.3 Å². The first-order valence-electron chi connectivity index (χ1n) is 19.0. The van der Waals surface area contributed by atoms with Crippen molar-refractivity contribution in [3.63, 3.8) is 0 Å². The molecule has 8 aromatic carbocycles. The van der Waals surface area contributed by atoms with Gasteiger partial charge in [-0.1, -0.05) is 140 Å². The first-order valence-corrected chi connectivity index (χ1v) is 19.8. The van der Waals surface area contributed by atoms with Crippen LogP contribution in [0.15, 0.2) is 186 Å². The lowest BCUT2D eigenvalue weighted by Crippen LogP contribution is -2.01. The molecule has 266 valence electrons. The number of benzene rings is 8. The van der Waals surface area contributed by atoms with E-state index in [0.29, 0.717) is 17.5 Å². The minimum absolute atomic E-state index is 0.592. The molecule has 0 N–H and O–H groups in total. The Hall–Kier alpha value is -7.41. The van der Waals surface area contributed by atoms with Crippen molar-refractivity contribution in [1.82, 2.24) is 19.5 Å². The van der Waals surface area contributed by atoms with E-state index in [0.717, 1.165) is 71.9 Å². The summed E-state index contributed by atoms with van der Waals surface area (Å²) in [6.07, 6.45) is 0. The van der Waals surface area contributed by atoms with Crippen LogP contribution in [-0.4, -0.2) is 19.5 Å². The predicted octanol–water partition coefficient (Wildman–Crippen LogP) is 13.9. The molecule has 0 fully saturated rings. The first kappa shape index (κ1) is 31.9. The molecule has 0 spiro atoms. The molecule has 12 aromatic rings. The van der Waals surface area contributed by atoms with Crippen molar-refractivity contribution in [1.29, 1.82) is 0 Å². The van der Waals surface area contributed by atoms with Gasteiger partial charge in [0, 0.05) is 64.0 Å². The summed E-state index contributed by atoms with van der Waals surface area (Å²) in [7, 11) is 0. The zero-order valence-electron chi connectivity index (χ0n) is 30.4. The maximum atomic E-state index is 6.70. The first-order chi connectivity index (χ1) is 28.3. The Bertz CT molecular complexity index is 3490. The molecule has 4 aromatic heterocycles. The number of furan rings is 1. The molecule has 0 bridgehead atoms. The number of rotatable bonds is 5. The summed E-state index contributed by atoms with van der Waals surface area (Å²) < 4.78 is 11.5. The van der Waals surface area contributed by atoms with Gasteiger partial charge in [0.1, 0.15) is 11.2 Å². The van der Waals surface area contributed by atoms with Crippen LogP contribution < -0.4 is 0 Å². The van der Waals surface area contributed by atoms with Crippen LogP contribution in [0.5, 0.6) is 0 Å². The molecule has 12 rings (SSSR count). The van der Waals surface area contributed by atoms with Gasteiger partial charge in [0.05, 0.1) is 16.7 Å². The Morgan fingerprint density at radius 1 is 0.368 bits per heavy atom. The number of para-hydroxylation sites is 3. The fourth-order valence-corrected chi connectivity index (χ4v) is 9.78. The lowest BCUT2D eigenvalue weighted by atomic mass is 9.95. The second-order valence-electron chi connectivity index (χ2n) is 14.3. The monoisotopic (exact) mass is 746 g/mol. The van der Waals surface area contributed by atoms with E-state index < -0.39 is 0 Å². The quantitative estimate of drug-likeness (QED) is 0.176. The minimum Gasteiger partial charge on any atom is -0.456 e. The molecular weight excluding hydrogens is 717 g/mol. The third-order valence-electron chi connectivity index (χ3n) is 11.1. The normalized spacial score (nSPS) is 11.9. The molecule has 0 saturated heterocycles. The minimum atomic E-state index is 0.592. The van der Waals surface area contributed by atoms with Gasteiger partial charge in [-0.2, -0.15) is 0 Å². The molecule has 0 aliphatic carbocycles. The average Bonchev–Trinajstić information content (AvgIpc) is 3.96. The van der Waals surface area contributed by atoms with Gasteiger partial charge in [-0.05, 0) is 48.0 Å². The topological polar surface area (TPSA) is 56.7 Å². The summed E-state index contributed by atoms with van der Waals surface area (Å²) in [6.45, 7) is 0. The van der Waals surface area contributed by atoms with Crippen molar-refractivity contribution < 1.29 is 4.42 Å². The molecule has 6 heteroatoms. The second-order valence-corrected chi connectivity index (χ2v) is 15.4. The van der Waals surface area contributed by atoms with Crippen molar-refractivity contribution in [2.24, 2.45) is 0 Å². The smallest absolute Gasteiger partial charge is 0.164 e. The van der Waals surface area contributed by atoms with E-state index in [1.807, 2.05) is 30.3 Å². The molecule has 0 saturated carbocycles. The number of aromatic nitrogens is 4. The van der Waals surface area contributed by atoms with Crippen LogP contribution in [0, 0.1) is 0 Å². The highest BCUT2D eigenvalue weighted by Crippen LogP contribution is 2.45. The Morgan fingerprint density at radius 2 is 0.877 bits per heavy atom. The Labute approximate surface area is 330 Å². The van der Waals surface area contributed by atoms with E-state index in [-0.39, 0.29) is 0 Å². The van der Waals surface area contributed by atoms with Crippen LogP contribution in [0.2, 0.25) is 0 Å². The van der Waals surface area contributed by atoms with Crippen molar-refractivity contribution in [2.75, 3.05) is 0 Å². The van der Waals surface area contributed by atoms with E-state index in [2.05, 4.69) is 156 Å². The highest BCUT2D eigenvalue weighted by Gasteiger charge is 2.23. The van der Waals surface area contributed by atoms with Crippen molar-refractivity contribution in [2.45, 2.75) is 0 Å². The molecule has 4 heterocycles. The number of hydrogen-bond acceptors (Lipinski definition) is 5. The molecule has 0 atom stereocenters. The summed E-state index contributed by atoms with van der Waals surface area (Å²) in [4.78, 5) is 15.7. The van der Waals surface area contributed by atoms with E-state index in [1.165, 1.54) is 25.6 Å². The summed E-state index contributed by atoms with van der Waals surface area (Å²) in [5.41, 5.74) is 9.97.